The van der Waals surface area contributed by atoms with E-state index in [0.717, 1.165) is 16.9 Å². The topological polar surface area (TPSA) is 96.5 Å². The van der Waals surface area contributed by atoms with E-state index in [1.165, 1.54) is 12.1 Å². The van der Waals surface area contributed by atoms with Crippen LogP contribution in [0, 0.1) is 11.3 Å². The smallest absolute Gasteiger partial charge is 0.323 e. The predicted octanol–water partition coefficient (Wildman–Crippen LogP) is 2.87. The fourth-order valence-corrected chi connectivity index (χ4v) is 2.27. The SMILES string of the molecule is N#Cc1ccccc1NC(=O)Cn1nnc(-c2cccc(C(F)(F)F)c2)n1. The van der Waals surface area contributed by atoms with Gasteiger partial charge in [-0.05, 0) is 29.5 Å². The van der Waals surface area contributed by atoms with Crippen molar-refractivity contribution in [2.75, 3.05) is 5.32 Å². The van der Waals surface area contributed by atoms with E-state index in [-0.39, 0.29) is 17.9 Å². The van der Waals surface area contributed by atoms with Crippen molar-refractivity contribution in [3.05, 3.63) is 59.7 Å². The van der Waals surface area contributed by atoms with Gasteiger partial charge in [-0.3, -0.25) is 4.79 Å². The Bertz CT molecular complexity index is 1020. The lowest BCUT2D eigenvalue weighted by Crippen LogP contribution is -2.21. The molecular weight excluding hydrogens is 361 g/mol. The maximum atomic E-state index is 12.8. The Balaban J connectivity index is 1.73. The van der Waals surface area contributed by atoms with E-state index in [0.29, 0.717) is 11.3 Å². The Hall–Kier alpha value is -3.74. The molecule has 1 heterocycles. The molecule has 0 spiro atoms. The van der Waals surface area contributed by atoms with Crippen LogP contribution in [-0.2, 0) is 17.5 Å². The summed E-state index contributed by atoms with van der Waals surface area (Å²) < 4.78 is 38.4. The van der Waals surface area contributed by atoms with Gasteiger partial charge < -0.3 is 5.32 Å². The lowest BCUT2D eigenvalue weighted by Gasteiger charge is -2.06. The third-order valence-electron chi connectivity index (χ3n) is 3.51. The number of rotatable bonds is 4. The minimum absolute atomic E-state index is 0.0358. The van der Waals surface area contributed by atoms with Gasteiger partial charge in [-0.1, -0.05) is 24.3 Å². The number of nitrogens with zero attached hydrogens (tertiary/aromatic N) is 5. The number of benzene rings is 2. The first-order chi connectivity index (χ1) is 12.9. The van der Waals surface area contributed by atoms with Crippen LogP contribution in [0.3, 0.4) is 0 Å². The van der Waals surface area contributed by atoms with E-state index in [4.69, 9.17) is 5.26 Å². The molecule has 0 radical (unpaired) electrons. The molecule has 27 heavy (non-hydrogen) atoms. The van der Waals surface area contributed by atoms with Crippen molar-refractivity contribution in [1.82, 2.24) is 20.2 Å². The van der Waals surface area contributed by atoms with Gasteiger partial charge in [-0.25, -0.2) is 0 Å². The molecular formula is C17H11F3N6O. The zero-order chi connectivity index (χ0) is 19.4. The Kier molecular flexibility index (Phi) is 4.85. The van der Waals surface area contributed by atoms with Crippen molar-refractivity contribution in [2.24, 2.45) is 0 Å². The Labute approximate surface area is 151 Å². The van der Waals surface area contributed by atoms with Gasteiger partial charge in [0.05, 0.1) is 16.8 Å². The first-order valence-electron chi connectivity index (χ1n) is 7.61. The van der Waals surface area contributed by atoms with Crippen LogP contribution >= 0.6 is 0 Å². The normalized spacial score (nSPS) is 11.0. The minimum Gasteiger partial charge on any atom is -0.323 e. The minimum atomic E-state index is -4.49. The number of para-hydroxylation sites is 1. The second kappa shape index (κ2) is 7.25. The Morgan fingerprint density at radius 2 is 1.96 bits per heavy atom. The molecule has 0 saturated heterocycles. The lowest BCUT2D eigenvalue weighted by atomic mass is 10.1. The van der Waals surface area contributed by atoms with Gasteiger partial charge in [0.1, 0.15) is 12.6 Å². The maximum Gasteiger partial charge on any atom is 0.416 e. The quantitative estimate of drug-likeness (QED) is 0.760. The number of hydrogen-bond donors (Lipinski definition) is 1. The van der Waals surface area contributed by atoms with Crippen LogP contribution in [0.5, 0.6) is 0 Å². The molecule has 1 N–H and O–H groups in total. The molecule has 0 fully saturated rings. The summed E-state index contributed by atoms with van der Waals surface area (Å²) in [5, 5.41) is 22.8. The molecule has 0 unspecified atom stereocenters. The van der Waals surface area contributed by atoms with Gasteiger partial charge in [0.2, 0.25) is 11.7 Å². The van der Waals surface area contributed by atoms with Crippen LogP contribution in [-0.4, -0.2) is 26.1 Å². The Morgan fingerprint density at radius 3 is 2.70 bits per heavy atom. The van der Waals surface area contributed by atoms with E-state index < -0.39 is 17.6 Å². The summed E-state index contributed by atoms with van der Waals surface area (Å²) in [6, 6.07) is 12.9. The molecule has 0 atom stereocenters. The summed E-state index contributed by atoms with van der Waals surface area (Å²) in [4.78, 5) is 13.0. The number of nitrogens with one attached hydrogen (secondary N) is 1. The molecule has 1 amide bonds. The van der Waals surface area contributed by atoms with Crippen LogP contribution in [0.4, 0.5) is 18.9 Å². The fraction of sp³-hybridized carbons (Fsp3) is 0.118. The second-order valence-electron chi connectivity index (χ2n) is 5.43. The van der Waals surface area contributed by atoms with Crippen molar-refractivity contribution < 1.29 is 18.0 Å². The van der Waals surface area contributed by atoms with Crippen LogP contribution in [0.25, 0.3) is 11.4 Å². The molecule has 0 aliphatic heterocycles. The van der Waals surface area contributed by atoms with Crippen molar-refractivity contribution >= 4 is 11.6 Å². The van der Waals surface area contributed by atoms with E-state index in [9.17, 15) is 18.0 Å². The molecule has 1 aromatic heterocycles. The maximum absolute atomic E-state index is 12.8. The van der Waals surface area contributed by atoms with Crippen LogP contribution < -0.4 is 5.32 Å². The number of alkyl halides is 3. The standard InChI is InChI=1S/C17H11F3N6O/c18-17(19,20)13-6-3-5-11(8-13)16-23-25-26(24-16)10-15(27)22-14-7-2-1-4-12(14)9-21/h1-8H,10H2,(H,22,27). The molecule has 10 heteroatoms. The molecule has 0 aliphatic rings. The lowest BCUT2D eigenvalue weighted by molar-refractivity contribution is -0.137. The summed E-state index contributed by atoms with van der Waals surface area (Å²) >= 11 is 0. The van der Waals surface area contributed by atoms with Crippen LogP contribution in [0.15, 0.2) is 48.5 Å². The molecule has 2 aromatic carbocycles. The van der Waals surface area contributed by atoms with E-state index >= 15 is 0 Å². The van der Waals surface area contributed by atoms with Crippen LogP contribution in [0.1, 0.15) is 11.1 Å². The van der Waals surface area contributed by atoms with Crippen molar-refractivity contribution in [2.45, 2.75) is 12.7 Å². The monoisotopic (exact) mass is 372 g/mol. The Morgan fingerprint density at radius 1 is 1.19 bits per heavy atom. The van der Waals surface area contributed by atoms with Gasteiger partial charge in [0.25, 0.3) is 0 Å². The number of tetrazole rings is 1. The summed E-state index contributed by atoms with van der Waals surface area (Å²) in [5.74, 6) is -0.544. The summed E-state index contributed by atoms with van der Waals surface area (Å²) in [6.45, 7) is -0.314. The molecule has 0 bridgehead atoms. The van der Waals surface area contributed by atoms with Crippen molar-refractivity contribution in [1.29, 1.82) is 5.26 Å². The number of amides is 1. The largest absolute Gasteiger partial charge is 0.416 e. The predicted molar refractivity (Wildman–Crippen MR) is 88.0 cm³/mol. The van der Waals surface area contributed by atoms with E-state index in [1.54, 1.807) is 24.3 Å². The van der Waals surface area contributed by atoms with Gasteiger partial charge in [0, 0.05) is 5.56 Å². The molecule has 136 valence electrons. The highest BCUT2D eigenvalue weighted by atomic mass is 19.4. The average molecular weight is 372 g/mol. The summed E-state index contributed by atoms with van der Waals surface area (Å²) in [7, 11) is 0. The highest BCUT2D eigenvalue weighted by molar-refractivity contribution is 5.91. The molecule has 3 rings (SSSR count). The molecule has 3 aromatic rings. The van der Waals surface area contributed by atoms with Gasteiger partial charge in [0.15, 0.2) is 0 Å². The second-order valence-corrected chi connectivity index (χ2v) is 5.43. The van der Waals surface area contributed by atoms with Gasteiger partial charge in [-0.2, -0.15) is 23.2 Å². The van der Waals surface area contributed by atoms with Crippen LogP contribution in [0.2, 0.25) is 0 Å². The fourth-order valence-electron chi connectivity index (χ4n) is 2.27. The number of aromatic nitrogens is 4. The number of carbonyl (C=O) groups excluding carboxylic acids is 1. The highest BCUT2D eigenvalue weighted by Gasteiger charge is 2.30. The summed E-state index contributed by atoms with van der Waals surface area (Å²) in [5.41, 5.74) is -0.0706. The van der Waals surface area contributed by atoms with Crippen molar-refractivity contribution in [3.63, 3.8) is 0 Å². The molecule has 7 nitrogen and oxygen atoms in total. The molecule has 0 saturated carbocycles. The third-order valence-corrected chi connectivity index (χ3v) is 3.51. The van der Waals surface area contributed by atoms with Gasteiger partial charge in [-0.15, -0.1) is 10.2 Å². The van der Waals surface area contributed by atoms with E-state index in [1.807, 2.05) is 6.07 Å². The number of hydrogen-bond acceptors (Lipinski definition) is 5. The first-order valence-corrected chi connectivity index (χ1v) is 7.61. The van der Waals surface area contributed by atoms with E-state index in [2.05, 4.69) is 20.7 Å². The summed E-state index contributed by atoms with van der Waals surface area (Å²) in [6.07, 6.45) is -4.49. The van der Waals surface area contributed by atoms with Gasteiger partial charge >= 0.3 is 6.18 Å². The number of carbonyl (C=O) groups is 1. The average Bonchev–Trinajstić information content (AvgIpc) is 3.10. The first kappa shape index (κ1) is 18.1. The zero-order valence-electron chi connectivity index (χ0n) is 13.6. The molecule has 0 aliphatic carbocycles. The number of halogens is 3. The number of anilines is 1. The third kappa shape index (κ3) is 4.27. The van der Waals surface area contributed by atoms with Crippen molar-refractivity contribution in [3.8, 4) is 17.5 Å². The number of nitriles is 1. The zero-order valence-corrected chi connectivity index (χ0v) is 13.6. The highest BCUT2D eigenvalue weighted by Crippen LogP contribution is 2.31.